The molecule has 2 aromatic carbocycles. The average molecular weight is 373 g/mol. The first-order chi connectivity index (χ1) is 12.7. The molecule has 2 aliphatic heterocycles. The van der Waals surface area contributed by atoms with Crippen LogP contribution >= 0.6 is 11.8 Å². The lowest BCUT2D eigenvalue weighted by molar-refractivity contribution is -0.129. The van der Waals surface area contributed by atoms with Crippen LogP contribution in [0.15, 0.2) is 47.4 Å². The second kappa shape index (κ2) is 7.58. The molecule has 4 nitrogen and oxygen atoms in total. The molecule has 0 radical (unpaired) electrons. The van der Waals surface area contributed by atoms with Crippen LogP contribution in [0.5, 0.6) is 11.5 Å². The van der Waals surface area contributed by atoms with Gasteiger partial charge in [-0.2, -0.15) is 0 Å². The molecule has 0 spiro atoms. The van der Waals surface area contributed by atoms with Gasteiger partial charge in [0, 0.05) is 11.4 Å². The van der Waals surface area contributed by atoms with Crippen molar-refractivity contribution in [3.63, 3.8) is 0 Å². The van der Waals surface area contributed by atoms with E-state index in [9.17, 15) is 9.18 Å². The van der Waals surface area contributed by atoms with E-state index in [1.165, 1.54) is 17.8 Å². The molecule has 136 valence electrons. The first kappa shape index (κ1) is 17.2. The molecular formula is C20H20FNO3S. The minimum Gasteiger partial charge on any atom is -0.486 e. The van der Waals surface area contributed by atoms with Crippen LogP contribution in [0.3, 0.4) is 0 Å². The van der Waals surface area contributed by atoms with E-state index in [0.29, 0.717) is 18.1 Å². The van der Waals surface area contributed by atoms with E-state index in [1.807, 2.05) is 23.1 Å². The lowest BCUT2D eigenvalue weighted by Crippen LogP contribution is -2.32. The summed E-state index contributed by atoms with van der Waals surface area (Å²) < 4.78 is 25.0. The Morgan fingerprint density at radius 2 is 1.96 bits per heavy atom. The van der Waals surface area contributed by atoms with Crippen molar-refractivity contribution in [3.05, 3.63) is 53.8 Å². The van der Waals surface area contributed by atoms with Gasteiger partial charge in [0.2, 0.25) is 5.91 Å². The number of rotatable bonds is 4. The number of benzene rings is 2. The number of ether oxygens (including phenoxy) is 2. The highest BCUT2D eigenvalue weighted by atomic mass is 32.2. The fourth-order valence-corrected chi connectivity index (χ4v) is 4.29. The van der Waals surface area contributed by atoms with Gasteiger partial charge in [-0.1, -0.05) is 18.2 Å². The van der Waals surface area contributed by atoms with E-state index in [-0.39, 0.29) is 23.5 Å². The Morgan fingerprint density at radius 1 is 1.15 bits per heavy atom. The minimum absolute atomic E-state index is 0.0376. The molecule has 2 aromatic rings. The Labute approximate surface area is 156 Å². The number of halogens is 1. The third kappa shape index (κ3) is 3.51. The normalized spacial score (nSPS) is 18.8. The molecule has 26 heavy (non-hydrogen) atoms. The molecule has 2 heterocycles. The van der Waals surface area contributed by atoms with Crippen molar-refractivity contribution < 1.29 is 18.7 Å². The van der Waals surface area contributed by atoms with Gasteiger partial charge in [-0.3, -0.25) is 4.79 Å². The number of carbonyl (C=O) groups excluding carboxylic acids is 1. The van der Waals surface area contributed by atoms with Gasteiger partial charge in [0.1, 0.15) is 19.0 Å². The predicted octanol–water partition coefficient (Wildman–Crippen LogP) is 4.05. The van der Waals surface area contributed by atoms with Gasteiger partial charge in [-0.05, 0) is 42.7 Å². The summed E-state index contributed by atoms with van der Waals surface area (Å²) >= 11 is 1.25. The van der Waals surface area contributed by atoms with Crippen LogP contribution in [-0.2, 0) is 4.79 Å². The van der Waals surface area contributed by atoms with Crippen LogP contribution in [0.4, 0.5) is 4.39 Å². The number of amides is 1. The molecule has 0 aromatic heterocycles. The fraction of sp³-hybridized carbons (Fsp3) is 0.350. The van der Waals surface area contributed by atoms with Gasteiger partial charge in [0.15, 0.2) is 11.5 Å². The summed E-state index contributed by atoms with van der Waals surface area (Å²) in [5.74, 6) is 1.49. The van der Waals surface area contributed by atoms with Gasteiger partial charge >= 0.3 is 0 Å². The molecule has 4 rings (SSSR count). The number of hydrogen-bond acceptors (Lipinski definition) is 4. The topological polar surface area (TPSA) is 38.8 Å². The van der Waals surface area contributed by atoms with Gasteiger partial charge in [0.05, 0.1) is 11.8 Å². The Balaban J connectivity index is 1.46. The lowest BCUT2D eigenvalue weighted by atomic mass is 10.0. The smallest absolute Gasteiger partial charge is 0.233 e. The van der Waals surface area contributed by atoms with Crippen LogP contribution in [0, 0.1) is 5.82 Å². The summed E-state index contributed by atoms with van der Waals surface area (Å²) in [4.78, 5) is 15.1. The summed E-state index contributed by atoms with van der Waals surface area (Å²) in [6, 6.07) is 12.5. The van der Waals surface area contributed by atoms with E-state index in [2.05, 4.69) is 0 Å². The summed E-state index contributed by atoms with van der Waals surface area (Å²) in [6.45, 7) is 1.84. The molecule has 6 heteroatoms. The Kier molecular flexibility index (Phi) is 5.02. The number of fused-ring (bicyclic) bond motifs is 1. The highest BCUT2D eigenvalue weighted by Gasteiger charge is 2.30. The molecule has 0 N–H and O–H groups in total. The molecule has 1 fully saturated rings. The minimum atomic E-state index is -0.282. The van der Waals surface area contributed by atoms with Crippen LogP contribution < -0.4 is 9.47 Å². The first-order valence-corrected chi connectivity index (χ1v) is 9.77. The molecule has 1 unspecified atom stereocenters. The largest absolute Gasteiger partial charge is 0.486 e. The summed E-state index contributed by atoms with van der Waals surface area (Å²) in [7, 11) is 0. The summed E-state index contributed by atoms with van der Waals surface area (Å²) in [6.07, 6.45) is 1.89. The van der Waals surface area contributed by atoms with Crippen LogP contribution in [0.2, 0.25) is 0 Å². The maximum absolute atomic E-state index is 13.7. The van der Waals surface area contributed by atoms with E-state index in [1.54, 1.807) is 18.2 Å². The summed E-state index contributed by atoms with van der Waals surface area (Å²) in [5.41, 5.74) is 1.07. The third-order valence-corrected chi connectivity index (χ3v) is 5.75. The highest BCUT2D eigenvalue weighted by molar-refractivity contribution is 8.00. The van der Waals surface area contributed by atoms with E-state index >= 15 is 0 Å². The Bertz CT molecular complexity index is 813. The van der Waals surface area contributed by atoms with Crippen molar-refractivity contribution >= 4 is 17.7 Å². The van der Waals surface area contributed by atoms with Gasteiger partial charge in [-0.15, -0.1) is 11.8 Å². The van der Waals surface area contributed by atoms with Crippen molar-refractivity contribution in [2.45, 2.75) is 23.8 Å². The highest BCUT2D eigenvalue weighted by Crippen LogP contribution is 2.38. The van der Waals surface area contributed by atoms with Crippen LogP contribution in [0.1, 0.15) is 24.4 Å². The van der Waals surface area contributed by atoms with Gasteiger partial charge < -0.3 is 14.4 Å². The number of likely N-dealkylation sites (tertiary alicyclic amines) is 1. The van der Waals surface area contributed by atoms with Crippen molar-refractivity contribution in [1.82, 2.24) is 4.90 Å². The maximum Gasteiger partial charge on any atom is 0.233 e. The van der Waals surface area contributed by atoms with E-state index in [4.69, 9.17) is 9.47 Å². The second-order valence-electron chi connectivity index (χ2n) is 6.37. The molecule has 1 amide bonds. The monoisotopic (exact) mass is 373 g/mol. The Morgan fingerprint density at radius 3 is 2.81 bits per heavy atom. The lowest BCUT2D eigenvalue weighted by Gasteiger charge is -2.26. The molecule has 0 aliphatic carbocycles. The molecule has 2 aliphatic rings. The van der Waals surface area contributed by atoms with E-state index in [0.717, 1.165) is 36.4 Å². The van der Waals surface area contributed by atoms with Gasteiger partial charge in [-0.25, -0.2) is 4.39 Å². The quantitative estimate of drug-likeness (QED) is 0.758. The molecular weight excluding hydrogens is 353 g/mol. The van der Waals surface area contributed by atoms with Crippen molar-refractivity contribution in [2.75, 3.05) is 25.5 Å². The van der Waals surface area contributed by atoms with Crippen LogP contribution in [-0.4, -0.2) is 36.3 Å². The summed E-state index contributed by atoms with van der Waals surface area (Å²) in [5, 5.41) is 0. The molecule has 1 saturated heterocycles. The molecule has 1 atom stereocenters. The zero-order valence-electron chi connectivity index (χ0n) is 14.3. The number of thioether (sulfide) groups is 1. The number of carbonyl (C=O) groups is 1. The van der Waals surface area contributed by atoms with Crippen molar-refractivity contribution in [1.29, 1.82) is 0 Å². The standard InChI is InChI=1S/C20H20FNO3S/c21-15-4-1-2-6-19(15)26-13-20(23)22-9-3-5-16(22)14-7-8-17-18(12-14)25-11-10-24-17/h1-2,4,6-8,12,16H,3,5,9-11,13H2. The predicted molar refractivity (Wildman–Crippen MR) is 98.2 cm³/mol. The number of nitrogens with zero attached hydrogens (tertiary/aromatic N) is 1. The van der Waals surface area contributed by atoms with Crippen molar-refractivity contribution in [2.24, 2.45) is 0 Å². The second-order valence-corrected chi connectivity index (χ2v) is 7.38. The van der Waals surface area contributed by atoms with Crippen molar-refractivity contribution in [3.8, 4) is 11.5 Å². The average Bonchev–Trinajstić information content (AvgIpc) is 3.17. The Hall–Kier alpha value is -2.21. The first-order valence-electron chi connectivity index (χ1n) is 8.79. The van der Waals surface area contributed by atoms with Gasteiger partial charge in [0.25, 0.3) is 0 Å². The maximum atomic E-state index is 13.7. The fourth-order valence-electron chi connectivity index (χ4n) is 3.46. The SMILES string of the molecule is O=C(CSc1ccccc1F)N1CCCC1c1ccc2c(c1)OCCO2. The zero-order chi connectivity index (χ0) is 17.9. The molecule has 0 bridgehead atoms. The third-order valence-electron chi connectivity index (χ3n) is 4.71. The van der Waals surface area contributed by atoms with E-state index < -0.39 is 0 Å². The zero-order valence-corrected chi connectivity index (χ0v) is 15.1. The molecule has 0 saturated carbocycles. The number of hydrogen-bond donors (Lipinski definition) is 0. The van der Waals surface area contributed by atoms with Crippen LogP contribution in [0.25, 0.3) is 0 Å².